The second-order valence-corrected chi connectivity index (χ2v) is 5.70. The van der Waals surface area contributed by atoms with Crippen LogP contribution in [0.5, 0.6) is 0 Å². The molecule has 1 rings (SSSR count). The Kier molecular flexibility index (Phi) is 7.59. The Morgan fingerprint density at radius 2 is 1.95 bits per heavy atom. The van der Waals surface area contributed by atoms with E-state index in [1.165, 1.54) is 19.3 Å². The van der Waals surface area contributed by atoms with Crippen molar-refractivity contribution in [2.45, 2.75) is 58.3 Å². The first-order valence-corrected chi connectivity index (χ1v) is 7.74. The predicted octanol–water partition coefficient (Wildman–Crippen LogP) is 1.75. The fourth-order valence-corrected chi connectivity index (χ4v) is 2.85. The van der Waals surface area contributed by atoms with Gasteiger partial charge in [-0.3, -0.25) is 9.59 Å². The topological polar surface area (TPSA) is 81.4 Å². The lowest BCUT2D eigenvalue weighted by atomic mass is 9.71. The van der Waals surface area contributed by atoms with Crippen molar-refractivity contribution in [3.05, 3.63) is 0 Å². The number of esters is 1. The molecule has 0 aromatic carbocycles. The molecule has 0 bridgehead atoms. The second-order valence-electron chi connectivity index (χ2n) is 5.70. The summed E-state index contributed by atoms with van der Waals surface area (Å²) in [6, 6.07) is 0. The average molecular weight is 284 g/mol. The molecule has 1 aliphatic rings. The highest BCUT2D eigenvalue weighted by molar-refractivity contribution is 5.76. The summed E-state index contributed by atoms with van der Waals surface area (Å²) < 4.78 is 4.84. The summed E-state index contributed by atoms with van der Waals surface area (Å²) in [6.07, 6.45) is 7.21. The van der Waals surface area contributed by atoms with Crippen LogP contribution >= 0.6 is 0 Å². The van der Waals surface area contributed by atoms with Crippen LogP contribution in [0.25, 0.3) is 0 Å². The number of carbonyl (C=O) groups is 2. The van der Waals surface area contributed by atoms with E-state index < -0.39 is 0 Å². The molecule has 0 aliphatic heterocycles. The molecule has 0 heterocycles. The second kappa shape index (κ2) is 8.95. The van der Waals surface area contributed by atoms with Gasteiger partial charge >= 0.3 is 5.97 Å². The molecule has 1 aliphatic carbocycles. The van der Waals surface area contributed by atoms with E-state index in [-0.39, 0.29) is 17.3 Å². The average Bonchev–Trinajstić information content (AvgIpc) is 2.45. The standard InChI is InChI=1S/C15H28N2O3/c1-2-20-14(19)7-6-10-17-13(18)11-15(12-16)8-4-3-5-9-15/h2-12,16H2,1H3,(H,17,18). The minimum atomic E-state index is -0.201. The predicted molar refractivity (Wildman–Crippen MR) is 78.1 cm³/mol. The summed E-state index contributed by atoms with van der Waals surface area (Å²) in [5, 5.41) is 2.88. The molecule has 0 unspecified atom stereocenters. The quantitative estimate of drug-likeness (QED) is 0.525. The van der Waals surface area contributed by atoms with Gasteiger partial charge in [-0.15, -0.1) is 0 Å². The van der Waals surface area contributed by atoms with Gasteiger partial charge in [0.2, 0.25) is 5.91 Å². The summed E-state index contributed by atoms with van der Waals surface area (Å²) in [7, 11) is 0. The number of hydrogen-bond acceptors (Lipinski definition) is 4. The van der Waals surface area contributed by atoms with Crippen molar-refractivity contribution < 1.29 is 14.3 Å². The monoisotopic (exact) mass is 284 g/mol. The van der Waals surface area contributed by atoms with E-state index in [2.05, 4.69) is 5.32 Å². The number of amides is 1. The van der Waals surface area contributed by atoms with E-state index >= 15 is 0 Å². The van der Waals surface area contributed by atoms with Gasteiger partial charge in [-0.25, -0.2) is 0 Å². The van der Waals surface area contributed by atoms with Crippen molar-refractivity contribution in [3.63, 3.8) is 0 Å². The summed E-state index contributed by atoms with van der Waals surface area (Å²) in [4.78, 5) is 23.1. The maximum absolute atomic E-state index is 12.0. The van der Waals surface area contributed by atoms with Gasteiger partial charge in [0.1, 0.15) is 0 Å². The number of nitrogens with one attached hydrogen (secondary N) is 1. The van der Waals surface area contributed by atoms with Crippen LogP contribution in [0, 0.1) is 5.41 Å². The van der Waals surface area contributed by atoms with Gasteiger partial charge in [0, 0.05) is 19.4 Å². The van der Waals surface area contributed by atoms with E-state index in [1.54, 1.807) is 6.92 Å². The first-order valence-electron chi connectivity index (χ1n) is 7.74. The van der Waals surface area contributed by atoms with Crippen molar-refractivity contribution in [3.8, 4) is 0 Å². The molecule has 20 heavy (non-hydrogen) atoms. The highest BCUT2D eigenvalue weighted by Crippen LogP contribution is 2.38. The van der Waals surface area contributed by atoms with Gasteiger partial charge in [0.25, 0.3) is 0 Å². The zero-order chi connectivity index (χ0) is 14.8. The fraction of sp³-hybridized carbons (Fsp3) is 0.867. The van der Waals surface area contributed by atoms with Gasteiger partial charge in [-0.1, -0.05) is 19.3 Å². The van der Waals surface area contributed by atoms with Crippen LogP contribution in [0.4, 0.5) is 0 Å². The van der Waals surface area contributed by atoms with Crippen molar-refractivity contribution in [2.75, 3.05) is 19.7 Å². The number of rotatable bonds is 8. The summed E-state index contributed by atoms with van der Waals surface area (Å²) in [5.41, 5.74) is 5.88. The van der Waals surface area contributed by atoms with E-state index in [9.17, 15) is 9.59 Å². The number of carbonyl (C=O) groups excluding carboxylic acids is 2. The Morgan fingerprint density at radius 3 is 2.55 bits per heavy atom. The summed E-state index contributed by atoms with van der Waals surface area (Å²) in [5.74, 6) is -0.145. The largest absolute Gasteiger partial charge is 0.466 e. The molecule has 1 amide bonds. The first-order chi connectivity index (χ1) is 9.62. The molecule has 0 aromatic rings. The Balaban J connectivity index is 2.20. The van der Waals surface area contributed by atoms with Crippen molar-refractivity contribution in [2.24, 2.45) is 11.1 Å². The molecule has 116 valence electrons. The van der Waals surface area contributed by atoms with Crippen molar-refractivity contribution in [1.82, 2.24) is 5.32 Å². The molecule has 0 spiro atoms. The summed E-state index contributed by atoms with van der Waals surface area (Å²) in [6.45, 7) is 3.31. The van der Waals surface area contributed by atoms with Gasteiger partial charge in [0.05, 0.1) is 6.61 Å². The highest BCUT2D eigenvalue weighted by Gasteiger charge is 2.32. The lowest BCUT2D eigenvalue weighted by Gasteiger charge is -2.35. The highest BCUT2D eigenvalue weighted by atomic mass is 16.5. The van der Waals surface area contributed by atoms with Crippen LogP contribution in [0.15, 0.2) is 0 Å². The van der Waals surface area contributed by atoms with Crippen LogP contribution in [0.1, 0.15) is 58.3 Å². The van der Waals surface area contributed by atoms with E-state index in [1.807, 2.05) is 0 Å². The van der Waals surface area contributed by atoms with Gasteiger partial charge in [-0.05, 0) is 38.1 Å². The maximum atomic E-state index is 12.0. The third-order valence-electron chi connectivity index (χ3n) is 4.07. The molecule has 0 saturated heterocycles. The molecule has 5 heteroatoms. The van der Waals surface area contributed by atoms with Crippen LogP contribution in [0.3, 0.4) is 0 Å². The fourth-order valence-electron chi connectivity index (χ4n) is 2.85. The Morgan fingerprint density at radius 1 is 1.25 bits per heavy atom. The maximum Gasteiger partial charge on any atom is 0.305 e. The van der Waals surface area contributed by atoms with Crippen LogP contribution in [-0.4, -0.2) is 31.6 Å². The minimum Gasteiger partial charge on any atom is -0.466 e. The van der Waals surface area contributed by atoms with Crippen LogP contribution in [0.2, 0.25) is 0 Å². The third kappa shape index (κ3) is 5.90. The Hall–Kier alpha value is -1.10. The van der Waals surface area contributed by atoms with Gasteiger partial charge in [-0.2, -0.15) is 0 Å². The molecule has 1 saturated carbocycles. The third-order valence-corrected chi connectivity index (χ3v) is 4.07. The van der Waals surface area contributed by atoms with Crippen LogP contribution in [-0.2, 0) is 14.3 Å². The molecule has 1 fully saturated rings. The number of nitrogens with two attached hydrogens (primary N) is 1. The molecule has 5 nitrogen and oxygen atoms in total. The zero-order valence-corrected chi connectivity index (χ0v) is 12.6. The van der Waals surface area contributed by atoms with Crippen molar-refractivity contribution >= 4 is 11.9 Å². The van der Waals surface area contributed by atoms with Crippen molar-refractivity contribution in [1.29, 1.82) is 0 Å². The minimum absolute atomic E-state index is 0.00345. The van der Waals surface area contributed by atoms with E-state index in [4.69, 9.17) is 10.5 Å². The molecule has 0 atom stereocenters. The van der Waals surface area contributed by atoms with E-state index in [0.717, 1.165) is 12.8 Å². The summed E-state index contributed by atoms with van der Waals surface area (Å²) >= 11 is 0. The zero-order valence-electron chi connectivity index (χ0n) is 12.6. The number of hydrogen-bond donors (Lipinski definition) is 2. The molecule has 0 aromatic heterocycles. The van der Waals surface area contributed by atoms with E-state index in [0.29, 0.717) is 39.0 Å². The van der Waals surface area contributed by atoms with Gasteiger partial charge in [0.15, 0.2) is 0 Å². The Labute approximate surface area is 121 Å². The SMILES string of the molecule is CCOC(=O)CCCNC(=O)CC1(CN)CCCCC1. The number of ether oxygens (including phenoxy) is 1. The Bertz CT molecular complexity index is 312. The first kappa shape index (κ1) is 17.0. The lowest BCUT2D eigenvalue weighted by Crippen LogP contribution is -2.38. The molecular formula is C15H28N2O3. The lowest BCUT2D eigenvalue weighted by molar-refractivity contribution is -0.143. The molecule has 0 radical (unpaired) electrons. The normalized spacial score (nSPS) is 17.5. The molecule has 3 N–H and O–H groups in total. The van der Waals surface area contributed by atoms with Gasteiger partial charge < -0.3 is 15.8 Å². The van der Waals surface area contributed by atoms with Crippen LogP contribution < -0.4 is 11.1 Å². The molecular weight excluding hydrogens is 256 g/mol. The smallest absolute Gasteiger partial charge is 0.305 e.